The highest BCUT2D eigenvalue weighted by molar-refractivity contribution is 5.94. The third kappa shape index (κ3) is 1.46. The molecule has 0 N–H and O–H groups in total. The zero-order valence-corrected chi connectivity index (χ0v) is 10.1. The molecule has 3 aliphatic rings. The van der Waals surface area contributed by atoms with Gasteiger partial charge in [0.25, 0.3) is 0 Å². The van der Waals surface area contributed by atoms with Crippen LogP contribution in [0.5, 0.6) is 0 Å². The lowest BCUT2D eigenvalue weighted by atomic mass is 9.97. The summed E-state index contributed by atoms with van der Waals surface area (Å²) in [6, 6.07) is 15.3. The van der Waals surface area contributed by atoms with Crippen LogP contribution in [0.4, 0.5) is 5.69 Å². The number of hydrogen-bond acceptors (Lipinski definition) is 2. The highest BCUT2D eigenvalue weighted by atomic mass is 16.7. The van der Waals surface area contributed by atoms with Gasteiger partial charge in [0.15, 0.2) is 0 Å². The summed E-state index contributed by atoms with van der Waals surface area (Å²) in [5.74, 6) is 0. The van der Waals surface area contributed by atoms with Gasteiger partial charge in [0, 0.05) is 5.39 Å². The van der Waals surface area contributed by atoms with Crippen molar-refractivity contribution in [3.05, 3.63) is 54.6 Å². The van der Waals surface area contributed by atoms with Crippen molar-refractivity contribution >= 4 is 16.5 Å². The molecule has 0 radical (unpaired) electrons. The molecular formula is C16H15NO. The molecule has 90 valence electrons. The second-order valence-electron chi connectivity index (χ2n) is 5.00. The Hall–Kier alpha value is -1.80. The molecule has 2 aromatic rings. The van der Waals surface area contributed by atoms with Gasteiger partial charge >= 0.3 is 0 Å². The van der Waals surface area contributed by atoms with Gasteiger partial charge in [-0.15, -0.1) is 0 Å². The van der Waals surface area contributed by atoms with E-state index in [0.717, 1.165) is 6.42 Å². The lowest BCUT2D eigenvalue weighted by Gasteiger charge is -2.42. The highest BCUT2D eigenvalue weighted by Crippen LogP contribution is 2.35. The second-order valence-corrected chi connectivity index (χ2v) is 5.00. The van der Waals surface area contributed by atoms with E-state index in [4.69, 9.17) is 4.84 Å². The number of benzene rings is 2. The molecule has 18 heavy (non-hydrogen) atoms. The van der Waals surface area contributed by atoms with Crippen LogP contribution in [0.15, 0.2) is 54.6 Å². The minimum atomic E-state index is 0.258. The molecule has 5 rings (SSSR count). The first-order chi connectivity index (χ1) is 8.92. The zero-order valence-electron chi connectivity index (χ0n) is 10.1. The molecular weight excluding hydrogens is 222 g/mol. The van der Waals surface area contributed by atoms with Gasteiger partial charge in [-0.3, -0.25) is 4.84 Å². The number of nitrogens with zero attached hydrogens (tertiary/aromatic N) is 1. The van der Waals surface area contributed by atoms with Crippen molar-refractivity contribution in [2.75, 3.05) is 5.06 Å². The summed E-state index contributed by atoms with van der Waals surface area (Å²) >= 11 is 0. The van der Waals surface area contributed by atoms with E-state index in [-0.39, 0.29) is 6.10 Å². The Morgan fingerprint density at radius 1 is 0.944 bits per heavy atom. The van der Waals surface area contributed by atoms with Crippen molar-refractivity contribution in [1.82, 2.24) is 0 Å². The molecule has 1 fully saturated rings. The van der Waals surface area contributed by atoms with Crippen molar-refractivity contribution < 1.29 is 4.84 Å². The number of fused-ring (bicyclic) bond motifs is 3. The monoisotopic (exact) mass is 237 g/mol. The molecule has 0 saturated carbocycles. The largest absolute Gasteiger partial charge is 0.265 e. The fourth-order valence-electron chi connectivity index (χ4n) is 2.92. The topological polar surface area (TPSA) is 12.5 Å². The molecule has 0 aromatic heterocycles. The first-order valence-electron chi connectivity index (χ1n) is 6.54. The summed E-state index contributed by atoms with van der Waals surface area (Å²) in [6.45, 7) is 0. The Bertz CT molecular complexity index is 614. The summed E-state index contributed by atoms with van der Waals surface area (Å²) in [4.78, 5) is 6.03. The quantitative estimate of drug-likeness (QED) is 0.701. The average Bonchev–Trinajstić information content (AvgIpc) is 2.48. The maximum atomic E-state index is 6.03. The van der Waals surface area contributed by atoms with Crippen LogP contribution in [-0.4, -0.2) is 12.1 Å². The zero-order chi connectivity index (χ0) is 11.9. The fraction of sp³-hybridized carbons (Fsp3) is 0.250. The van der Waals surface area contributed by atoms with Crippen LogP contribution in [0.25, 0.3) is 10.8 Å². The molecule has 0 amide bonds. The van der Waals surface area contributed by atoms with Crippen LogP contribution in [0.2, 0.25) is 0 Å². The third-order valence-electron chi connectivity index (χ3n) is 3.85. The number of rotatable bonds is 1. The maximum absolute atomic E-state index is 6.03. The van der Waals surface area contributed by atoms with Crippen LogP contribution >= 0.6 is 0 Å². The SMILES string of the molecule is C1=C[C@H]2CC[C@@H]1N(c1cccc3ccccc13)O2. The third-order valence-corrected chi connectivity index (χ3v) is 3.85. The van der Waals surface area contributed by atoms with Crippen LogP contribution in [0.1, 0.15) is 12.8 Å². The first kappa shape index (κ1) is 10.2. The Balaban J connectivity index is 1.86. The molecule has 1 aliphatic carbocycles. The van der Waals surface area contributed by atoms with Crippen molar-refractivity contribution in [3.8, 4) is 0 Å². The van der Waals surface area contributed by atoms with Gasteiger partial charge in [0.05, 0.1) is 11.7 Å². The van der Waals surface area contributed by atoms with E-state index >= 15 is 0 Å². The minimum absolute atomic E-state index is 0.258. The molecule has 2 heteroatoms. The van der Waals surface area contributed by atoms with Crippen LogP contribution in [0.3, 0.4) is 0 Å². The molecule has 2 nitrogen and oxygen atoms in total. The molecule has 0 spiro atoms. The van der Waals surface area contributed by atoms with Crippen LogP contribution in [0, 0.1) is 0 Å². The van der Waals surface area contributed by atoms with Gasteiger partial charge in [-0.2, -0.15) is 0 Å². The highest BCUT2D eigenvalue weighted by Gasteiger charge is 2.31. The van der Waals surface area contributed by atoms with E-state index in [2.05, 4.69) is 59.7 Å². The standard InChI is InChI=1S/C16H15NO/c1-2-6-15-12(4-1)5-3-7-16(15)17-13-8-10-14(18-17)11-9-13/h1-8,10,13-14H,9,11H2/t13-,14+/m1/s1. The molecule has 2 aliphatic heterocycles. The normalized spacial score (nSPS) is 25.9. The average molecular weight is 237 g/mol. The summed E-state index contributed by atoms with van der Waals surface area (Å²) in [5, 5.41) is 4.63. The van der Waals surface area contributed by atoms with E-state index in [9.17, 15) is 0 Å². The van der Waals surface area contributed by atoms with Crippen molar-refractivity contribution in [2.24, 2.45) is 0 Å². The van der Waals surface area contributed by atoms with Gasteiger partial charge in [-0.1, -0.05) is 48.6 Å². The minimum Gasteiger partial charge on any atom is -0.265 e. The van der Waals surface area contributed by atoms with E-state index < -0.39 is 0 Å². The fourth-order valence-corrected chi connectivity index (χ4v) is 2.92. The van der Waals surface area contributed by atoms with Crippen LogP contribution in [-0.2, 0) is 4.84 Å². The Morgan fingerprint density at radius 2 is 1.83 bits per heavy atom. The van der Waals surface area contributed by atoms with Crippen LogP contribution < -0.4 is 5.06 Å². The van der Waals surface area contributed by atoms with E-state index in [1.807, 2.05) is 0 Å². The second kappa shape index (κ2) is 3.85. The summed E-state index contributed by atoms with van der Waals surface area (Å²) in [7, 11) is 0. The maximum Gasteiger partial charge on any atom is 0.104 e. The van der Waals surface area contributed by atoms with Gasteiger partial charge in [-0.05, 0) is 24.3 Å². The molecule has 2 atom stereocenters. The van der Waals surface area contributed by atoms with Gasteiger partial charge < -0.3 is 0 Å². The van der Waals surface area contributed by atoms with E-state index in [0.29, 0.717) is 6.04 Å². The summed E-state index contributed by atoms with van der Waals surface area (Å²) in [5.41, 5.74) is 1.19. The van der Waals surface area contributed by atoms with Gasteiger partial charge in [0.1, 0.15) is 6.10 Å². The number of anilines is 1. The molecule has 0 unspecified atom stereocenters. The number of hydroxylamine groups is 1. The Morgan fingerprint density at radius 3 is 2.61 bits per heavy atom. The molecule has 2 bridgehead atoms. The lowest BCUT2D eigenvalue weighted by molar-refractivity contribution is 0.00401. The Labute approximate surface area is 106 Å². The van der Waals surface area contributed by atoms with Crippen molar-refractivity contribution in [1.29, 1.82) is 0 Å². The predicted molar refractivity (Wildman–Crippen MR) is 73.5 cm³/mol. The first-order valence-corrected chi connectivity index (χ1v) is 6.54. The Kier molecular flexibility index (Phi) is 2.17. The van der Waals surface area contributed by atoms with Gasteiger partial charge in [-0.25, -0.2) is 5.06 Å². The molecule has 2 aromatic carbocycles. The predicted octanol–water partition coefficient (Wildman–Crippen LogP) is 3.68. The summed E-state index contributed by atoms with van der Waals surface area (Å²) < 4.78 is 0. The van der Waals surface area contributed by atoms with Gasteiger partial charge in [0.2, 0.25) is 0 Å². The smallest absolute Gasteiger partial charge is 0.104 e. The number of hydrogen-bond donors (Lipinski definition) is 0. The van der Waals surface area contributed by atoms with E-state index in [1.165, 1.54) is 22.9 Å². The van der Waals surface area contributed by atoms with Crippen molar-refractivity contribution in [3.63, 3.8) is 0 Å². The van der Waals surface area contributed by atoms with Crippen molar-refractivity contribution in [2.45, 2.75) is 25.0 Å². The van der Waals surface area contributed by atoms with E-state index in [1.54, 1.807) is 0 Å². The molecule has 2 heterocycles. The molecule has 1 saturated heterocycles. The summed E-state index contributed by atoms with van der Waals surface area (Å²) in [6.07, 6.45) is 7.05. The lowest BCUT2D eigenvalue weighted by Crippen LogP contribution is -2.45.